The lowest BCUT2D eigenvalue weighted by molar-refractivity contribution is -0.386. The third-order valence-corrected chi connectivity index (χ3v) is 8.25. The molecule has 2 atom stereocenters. The molecule has 0 radical (unpaired) electrons. The summed E-state index contributed by atoms with van der Waals surface area (Å²) in [5.41, 5.74) is 1.32. The zero-order chi connectivity index (χ0) is 21.9. The van der Waals surface area contributed by atoms with Gasteiger partial charge < -0.3 is 15.2 Å². The number of unbranched alkanes of at least 4 members (excludes halogenated alkanes) is 2. The van der Waals surface area contributed by atoms with Crippen LogP contribution in [0.25, 0.3) is 0 Å². The first-order chi connectivity index (χ1) is 15.1. The molecule has 0 spiro atoms. The monoisotopic (exact) mass is 462 g/mol. The van der Waals surface area contributed by atoms with Gasteiger partial charge in [-0.3, -0.25) is 10.1 Å². The Bertz CT molecular complexity index is 816. The summed E-state index contributed by atoms with van der Waals surface area (Å²) in [6.45, 7) is 1.46. The van der Waals surface area contributed by atoms with Gasteiger partial charge in [-0.15, -0.1) is 0 Å². The fourth-order valence-electron chi connectivity index (χ4n) is 3.46. The van der Waals surface area contributed by atoms with Gasteiger partial charge in [-0.2, -0.15) is 0 Å². The Morgan fingerprint density at radius 3 is 2.77 bits per heavy atom. The van der Waals surface area contributed by atoms with E-state index in [-0.39, 0.29) is 18.0 Å². The molecule has 31 heavy (non-hydrogen) atoms. The third-order valence-electron chi connectivity index (χ3n) is 5.25. The molecule has 1 aliphatic heterocycles. The van der Waals surface area contributed by atoms with E-state index >= 15 is 0 Å². The number of nitrogens with zero attached hydrogens (tertiary/aromatic N) is 1. The largest absolute Gasteiger partial charge is 0.482 e. The van der Waals surface area contributed by atoms with Crippen molar-refractivity contribution in [2.45, 2.75) is 50.1 Å². The van der Waals surface area contributed by atoms with Gasteiger partial charge >= 0.3 is 5.69 Å². The summed E-state index contributed by atoms with van der Waals surface area (Å²) in [4.78, 5) is 11.0. The van der Waals surface area contributed by atoms with Crippen molar-refractivity contribution in [3.63, 3.8) is 0 Å². The fraction of sp³-hybridized carbons (Fsp3) is 0.478. The Kier molecular flexibility index (Phi) is 9.99. The Hall–Kier alpha value is -1.74. The molecule has 1 saturated heterocycles. The minimum absolute atomic E-state index is 0.129. The summed E-state index contributed by atoms with van der Waals surface area (Å²) < 4.78 is 5.65. The van der Waals surface area contributed by atoms with Gasteiger partial charge in [-0.05, 0) is 43.0 Å². The van der Waals surface area contributed by atoms with Gasteiger partial charge in [0, 0.05) is 23.6 Å². The maximum absolute atomic E-state index is 11.5. The minimum atomic E-state index is -0.797. The smallest absolute Gasteiger partial charge is 0.311 e. The molecular weight excluding hydrogens is 432 g/mol. The van der Waals surface area contributed by atoms with E-state index in [2.05, 4.69) is 5.32 Å². The average Bonchev–Trinajstić information content (AvgIpc) is 3.31. The summed E-state index contributed by atoms with van der Waals surface area (Å²) in [7, 11) is 4.02. The van der Waals surface area contributed by atoms with Gasteiger partial charge in [-0.1, -0.05) is 70.8 Å². The molecule has 168 valence electrons. The molecule has 1 heterocycles. The van der Waals surface area contributed by atoms with Gasteiger partial charge in [0.25, 0.3) is 0 Å². The minimum Gasteiger partial charge on any atom is -0.482 e. The normalized spacial score (nSPS) is 16.9. The third kappa shape index (κ3) is 8.03. The lowest BCUT2D eigenvalue weighted by Crippen LogP contribution is -2.22. The first-order valence-electron chi connectivity index (χ1n) is 10.8. The molecule has 3 rings (SSSR count). The van der Waals surface area contributed by atoms with Gasteiger partial charge in [0.2, 0.25) is 0 Å². The molecule has 1 aliphatic rings. The van der Waals surface area contributed by atoms with E-state index in [9.17, 15) is 15.2 Å². The SMILES string of the molecule is O=[N+]([O-])c1cc(C(O)CNCCCCCC2CCSS2)ccc1OCc1ccccc1. The van der Waals surface area contributed by atoms with Crippen molar-refractivity contribution in [1.29, 1.82) is 0 Å². The standard InChI is InChI=1S/C23H30N2O4S2/c26-22(16-24-13-6-2-5-9-20-12-14-30-31-20)19-10-11-23(21(15-19)25(27)28)29-17-18-7-3-1-4-8-18/h1,3-4,7-8,10-11,15,20,22,24,26H,2,5-6,9,12-14,16-17H2. The molecule has 2 aromatic carbocycles. The first-order valence-corrected chi connectivity index (χ1v) is 13.1. The van der Waals surface area contributed by atoms with Crippen LogP contribution in [-0.2, 0) is 6.61 Å². The van der Waals surface area contributed by atoms with Crippen molar-refractivity contribution < 1.29 is 14.8 Å². The highest BCUT2D eigenvalue weighted by molar-refractivity contribution is 8.77. The second kappa shape index (κ2) is 13.0. The molecule has 0 aromatic heterocycles. The number of ether oxygens (including phenoxy) is 1. The Morgan fingerprint density at radius 1 is 1.19 bits per heavy atom. The van der Waals surface area contributed by atoms with Crippen molar-refractivity contribution in [3.05, 3.63) is 69.8 Å². The van der Waals surface area contributed by atoms with Crippen molar-refractivity contribution >= 4 is 27.3 Å². The first kappa shape index (κ1) is 23.9. The Labute approximate surface area is 191 Å². The number of nitrogens with one attached hydrogen (secondary N) is 1. The van der Waals surface area contributed by atoms with Gasteiger partial charge in [0.05, 0.1) is 11.0 Å². The number of rotatable bonds is 13. The summed E-state index contributed by atoms with van der Waals surface area (Å²) >= 11 is 0. The molecule has 0 saturated carbocycles. The van der Waals surface area contributed by atoms with Crippen LogP contribution in [0, 0.1) is 10.1 Å². The zero-order valence-corrected chi connectivity index (χ0v) is 19.2. The second-order valence-electron chi connectivity index (χ2n) is 7.66. The molecular formula is C23H30N2O4S2. The Balaban J connectivity index is 1.41. The van der Waals surface area contributed by atoms with Gasteiger partial charge in [-0.25, -0.2) is 0 Å². The maximum atomic E-state index is 11.5. The summed E-state index contributed by atoms with van der Waals surface area (Å²) in [6, 6.07) is 14.2. The lowest BCUT2D eigenvalue weighted by atomic mass is 10.1. The van der Waals surface area contributed by atoms with E-state index in [1.165, 1.54) is 37.5 Å². The highest BCUT2D eigenvalue weighted by Crippen LogP contribution is 2.39. The number of nitro groups is 1. The van der Waals surface area contributed by atoms with Crippen LogP contribution in [0.1, 0.15) is 49.3 Å². The van der Waals surface area contributed by atoms with Crippen LogP contribution in [-0.4, -0.2) is 34.1 Å². The van der Waals surface area contributed by atoms with E-state index < -0.39 is 11.0 Å². The van der Waals surface area contributed by atoms with Crippen LogP contribution in [0.4, 0.5) is 5.69 Å². The van der Waals surface area contributed by atoms with Crippen LogP contribution in [0.2, 0.25) is 0 Å². The van der Waals surface area contributed by atoms with Crippen LogP contribution < -0.4 is 10.1 Å². The molecule has 1 fully saturated rings. The van der Waals surface area contributed by atoms with Crippen molar-refractivity contribution in [2.24, 2.45) is 0 Å². The van der Waals surface area contributed by atoms with Crippen LogP contribution in [0.5, 0.6) is 5.75 Å². The lowest BCUT2D eigenvalue weighted by Gasteiger charge is -2.14. The zero-order valence-electron chi connectivity index (χ0n) is 17.6. The molecule has 2 N–H and O–H groups in total. The highest BCUT2D eigenvalue weighted by atomic mass is 33.1. The van der Waals surface area contributed by atoms with Gasteiger partial charge in [0.1, 0.15) is 6.61 Å². The predicted molar refractivity (Wildman–Crippen MR) is 129 cm³/mol. The summed E-state index contributed by atoms with van der Waals surface area (Å²) in [6.07, 6.45) is 5.34. The molecule has 0 amide bonds. The summed E-state index contributed by atoms with van der Waals surface area (Å²) in [5, 5.41) is 26.0. The molecule has 0 aliphatic carbocycles. The summed E-state index contributed by atoms with van der Waals surface area (Å²) in [5.74, 6) is 1.49. The number of nitro benzene ring substituents is 1. The second-order valence-corrected chi connectivity index (χ2v) is 10.4. The molecule has 2 aromatic rings. The molecule has 2 unspecified atom stereocenters. The van der Waals surface area contributed by atoms with E-state index in [1.54, 1.807) is 12.1 Å². The maximum Gasteiger partial charge on any atom is 0.311 e. The number of hydrogen-bond donors (Lipinski definition) is 2. The molecule has 6 nitrogen and oxygen atoms in total. The van der Waals surface area contributed by atoms with Crippen LogP contribution in [0.15, 0.2) is 48.5 Å². The average molecular weight is 463 g/mol. The van der Waals surface area contributed by atoms with Crippen molar-refractivity contribution in [3.8, 4) is 5.75 Å². The van der Waals surface area contributed by atoms with Crippen molar-refractivity contribution in [2.75, 3.05) is 18.8 Å². The van der Waals surface area contributed by atoms with Crippen molar-refractivity contribution in [1.82, 2.24) is 5.32 Å². The van der Waals surface area contributed by atoms with E-state index in [4.69, 9.17) is 4.74 Å². The number of aliphatic hydroxyl groups excluding tert-OH is 1. The van der Waals surface area contributed by atoms with Crippen LogP contribution >= 0.6 is 21.6 Å². The van der Waals surface area contributed by atoms with E-state index in [1.807, 2.05) is 51.9 Å². The Morgan fingerprint density at radius 2 is 2.03 bits per heavy atom. The van der Waals surface area contributed by atoms with Gasteiger partial charge in [0.15, 0.2) is 5.75 Å². The van der Waals surface area contributed by atoms with Crippen LogP contribution in [0.3, 0.4) is 0 Å². The van der Waals surface area contributed by atoms with E-state index in [0.29, 0.717) is 12.1 Å². The molecule has 0 bridgehead atoms. The number of hydrogen-bond acceptors (Lipinski definition) is 7. The topological polar surface area (TPSA) is 84.6 Å². The quantitative estimate of drug-likeness (QED) is 0.176. The van der Waals surface area contributed by atoms with E-state index in [0.717, 1.165) is 23.8 Å². The fourth-order valence-corrected chi connectivity index (χ4v) is 6.49. The molecule has 8 heteroatoms. The number of benzene rings is 2. The highest BCUT2D eigenvalue weighted by Gasteiger charge is 2.19. The predicted octanol–water partition coefficient (Wildman–Crippen LogP) is 5.51. The number of aliphatic hydroxyl groups is 1.